The number of hydrogen-bond acceptors (Lipinski definition) is 2. The van der Waals surface area contributed by atoms with Gasteiger partial charge in [0.15, 0.2) is 0 Å². The second-order valence-electron chi connectivity index (χ2n) is 5.22. The summed E-state index contributed by atoms with van der Waals surface area (Å²) < 4.78 is 5.38. The van der Waals surface area contributed by atoms with E-state index in [2.05, 4.69) is 36.5 Å². The Labute approximate surface area is 111 Å². The minimum Gasteiger partial charge on any atom is -0.383 e. The fourth-order valence-electron chi connectivity index (χ4n) is 2.66. The van der Waals surface area contributed by atoms with Crippen LogP contribution >= 0.6 is 0 Å². The lowest BCUT2D eigenvalue weighted by atomic mass is 9.77. The maximum atomic E-state index is 5.38. The van der Waals surface area contributed by atoms with Crippen LogP contribution in [0.15, 0.2) is 24.3 Å². The lowest BCUT2D eigenvalue weighted by molar-refractivity contribution is 0.166. The molecule has 0 bridgehead atoms. The van der Waals surface area contributed by atoms with Gasteiger partial charge in [-0.1, -0.05) is 37.6 Å². The first-order chi connectivity index (χ1) is 8.86. The summed E-state index contributed by atoms with van der Waals surface area (Å²) in [7, 11) is 1.78. The fourth-order valence-corrected chi connectivity index (χ4v) is 2.66. The summed E-state index contributed by atoms with van der Waals surface area (Å²) in [6.07, 6.45) is 5.25. The monoisotopic (exact) mass is 247 g/mol. The normalized spacial score (nSPS) is 17.4. The van der Waals surface area contributed by atoms with Crippen LogP contribution in [0.25, 0.3) is 0 Å². The van der Waals surface area contributed by atoms with E-state index in [1.165, 1.54) is 30.4 Å². The van der Waals surface area contributed by atoms with Crippen molar-refractivity contribution in [1.29, 1.82) is 0 Å². The van der Waals surface area contributed by atoms with Gasteiger partial charge in [0.2, 0.25) is 0 Å². The van der Waals surface area contributed by atoms with Gasteiger partial charge in [0.05, 0.1) is 12.6 Å². The molecule has 2 nitrogen and oxygen atoms in total. The molecule has 100 valence electrons. The van der Waals surface area contributed by atoms with Crippen molar-refractivity contribution >= 4 is 0 Å². The number of hydrogen-bond donors (Lipinski definition) is 1. The van der Waals surface area contributed by atoms with Crippen LogP contribution in [-0.2, 0) is 4.74 Å². The molecule has 1 aromatic carbocycles. The molecule has 1 saturated carbocycles. The summed E-state index contributed by atoms with van der Waals surface area (Å²) in [5.74, 6) is 0.781. The van der Waals surface area contributed by atoms with Crippen molar-refractivity contribution < 1.29 is 4.74 Å². The predicted molar refractivity (Wildman–Crippen MR) is 75.9 cm³/mol. The minimum atomic E-state index is 0.340. The van der Waals surface area contributed by atoms with E-state index in [1.807, 2.05) is 0 Å². The van der Waals surface area contributed by atoms with Gasteiger partial charge in [-0.3, -0.25) is 0 Å². The zero-order chi connectivity index (χ0) is 12.8. The van der Waals surface area contributed by atoms with Gasteiger partial charge in [0, 0.05) is 7.11 Å². The van der Waals surface area contributed by atoms with Crippen LogP contribution in [0.5, 0.6) is 0 Å². The van der Waals surface area contributed by atoms with Gasteiger partial charge in [-0.2, -0.15) is 0 Å². The number of rotatable bonds is 7. The van der Waals surface area contributed by atoms with Gasteiger partial charge >= 0.3 is 0 Å². The number of benzene rings is 1. The largest absolute Gasteiger partial charge is 0.383 e. The average molecular weight is 247 g/mol. The highest BCUT2D eigenvalue weighted by molar-refractivity contribution is 5.34. The summed E-state index contributed by atoms with van der Waals surface area (Å²) in [6, 6.07) is 9.22. The molecule has 2 heteroatoms. The van der Waals surface area contributed by atoms with Crippen LogP contribution in [0.4, 0.5) is 0 Å². The van der Waals surface area contributed by atoms with Gasteiger partial charge in [0.25, 0.3) is 0 Å². The molecule has 1 aliphatic rings. The highest BCUT2D eigenvalue weighted by Crippen LogP contribution is 2.39. The molecule has 1 atom stereocenters. The molecule has 0 spiro atoms. The van der Waals surface area contributed by atoms with E-state index in [4.69, 9.17) is 4.74 Å². The Hall–Kier alpha value is -0.860. The van der Waals surface area contributed by atoms with Gasteiger partial charge in [-0.15, -0.1) is 0 Å². The highest BCUT2D eigenvalue weighted by atomic mass is 16.5. The van der Waals surface area contributed by atoms with Gasteiger partial charge in [-0.25, -0.2) is 0 Å². The van der Waals surface area contributed by atoms with Crippen molar-refractivity contribution in [3.8, 4) is 0 Å². The number of nitrogens with one attached hydrogen (secondary N) is 1. The summed E-state index contributed by atoms with van der Waals surface area (Å²) in [6.45, 7) is 4.01. The van der Waals surface area contributed by atoms with Crippen LogP contribution in [-0.4, -0.2) is 20.3 Å². The van der Waals surface area contributed by atoms with Crippen molar-refractivity contribution in [3.05, 3.63) is 35.4 Å². The van der Waals surface area contributed by atoms with E-state index in [0.717, 1.165) is 25.5 Å². The highest BCUT2D eigenvalue weighted by Gasteiger charge is 2.24. The summed E-state index contributed by atoms with van der Waals surface area (Å²) >= 11 is 0. The van der Waals surface area contributed by atoms with Crippen molar-refractivity contribution in [3.63, 3.8) is 0 Å². The molecular weight excluding hydrogens is 222 g/mol. The molecule has 0 aliphatic heterocycles. The van der Waals surface area contributed by atoms with Crippen LogP contribution in [0.2, 0.25) is 0 Å². The van der Waals surface area contributed by atoms with Crippen LogP contribution in [0.1, 0.15) is 55.7 Å². The maximum Gasteiger partial charge on any atom is 0.0657 e. The lowest BCUT2D eigenvalue weighted by Gasteiger charge is -2.30. The van der Waals surface area contributed by atoms with E-state index < -0.39 is 0 Å². The molecule has 0 heterocycles. The number of methoxy groups -OCH3 is 1. The first kappa shape index (κ1) is 13.6. The van der Waals surface area contributed by atoms with Gasteiger partial charge < -0.3 is 10.1 Å². The van der Waals surface area contributed by atoms with E-state index in [-0.39, 0.29) is 0 Å². The van der Waals surface area contributed by atoms with E-state index in [0.29, 0.717) is 6.04 Å². The van der Waals surface area contributed by atoms with E-state index >= 15 is 0 Å². The average Bonchev–Trinajstić information content (AvgIpc) is 2.33. The summed E-state index contributed by atoms with van der Waals surface area (Å²) in [5.41, 5.74) is 2.98. The first-order valence-corrected chi connectivity index (χ1v) is 7.18. The molecule has 0 aromatic heterocycles. The molecule has 1 N–H and O–H groups in total. The quantitative estimate of drug-likeness (QED) is 0.794. The summed E-state index contributed by atoms with van der Waals surface area (Å²) in [4.78, 5) is 0. The third-order valence-electron chi connectivity index (χ3n) is 3.89. The topological polar surface area (TPSA) is 21.3 Å². The molecule has 0 radical (unpaired) electrons. The molecule has 18 heavy (non-hydrogen) atoms. The van der Waals surface area contributed by atoms with Crippen LogP contribution < -0.4 is 5.32 Å². The smallest absolute Gasteiger partial charge is 0.0657 e. The van der Waals surface area contributed by atoms with Crippen molar-refractivity contribution in [2.45, 2.75) is 44.6 Å². The Balaban J connectivity index is 2.16. The Morgan fingerprint density at radius 2 is 2.11 bits per heavy atom. The third-order valence-corrected chi connectivity index (χ3v) is 3.89. The van der Waals surface area contributed by atoms with Gasteiger partial charge in [0.1, 0.15) is 0 Å². The Bertz CT molecular complexity index is 360. The third kappa shape index (κ3) is 3.12. The van der Waals surface area contributed by atoms with Crippen LogP contribution in [0.3, 0.4) is 0 Å². The Kier molecular flexibility index (Phi) is 5.21. The minimum absolute atomic E-state index is 0.340. The lowest BCUT2D eigenvalue weighted by Crippen LogP contribution is -2.28. The molecule has 0 amide bonds. The number of ether oxygens (including phenoxy) is 1. The van der Waals surface area contributed by atoms with E-state index in [9.17, 15) is 0 Å². The zero-order valence-corrected chi connectivity index (χ0v) is 11.6. The molecule has 1 unspecified atom stereocenters. The molecule has 1 fully saturated rings. The summed E-state index contributed by atoms with van der Waals surface area (Å²) in [5, 5.41) is 3.61. The van der Waals surface area contributed by atoms with Crippen molar-refractivity contribution in [2.24, 2.45) is 0 Å². The molecule has 2 rings (SSSR count). The predicted octanol–water partition coefficient (Wildman–Crippen LogP) is 3.64. The second kappa shape index (κ2) is 6.91. The molecule has 1 aromatic rings. The van der Waals surface area contributed by atoms with Crippen molar-refractivity contribution in [1.82, 2.24) is 5.32 Å². The molecular formula is C16H25NO. The second-order valence-corrected chi connectivity index (χ2v) is 5.22. The Morgan fingerprint density at radius 1 is 1.33 bits per heavy atom. The Morgan fingerprint density at radius 3 is 2.72 bits per heavy atom. The van der Waals surface area contributed by atoms with Crippen molar-refractivity contribution in [2.75, 3.05) is 20.3 Å². The fraction of sp³-hybridized carbons (Fsp3) is 0.625. The molecule has 0 saturated heterocycles. The zero-order valence-electron chi connectivity index (χ0n) is 11.6. The first-order valence-electron chi connectivity index (χ1n) is 7.18. The molecule has 1 aliphatic carbocycles. The SMILES string of the molecule is CCCNC(COC)c1ccccc1C1CCC1. The maximum absolute atomic E-state index is 5.38. The van der Waals surface area contributed by atoms with Crippen LogP contribution in [0, 0.1) is 0 Å². The van der Waals surface area contributed by atoms with Gasteiger partial charge in [-0.05, 0) is 42.9 Å². The standard InChI is InChI=1S/C16H25NO/c1-3-11-17-16(12-18-2)15-10-5-4-9-14(15)13-7-6-8-13/h4-5,9-10,13,16-17H,3,6-8,11-12H2,1-2H3. The van der Waals surface area contributed by atoms with E-state index in [1.54, 1.807) is 7.11 Å².